The number of halogens is 1. The van der Waals surface area contributed by atoms with Crippen molar-refractivity contribution in [2.24, 2.45) is 0 Å². The monoisotopic (exact) mass is 350 g/mol. The largest absolute Gasteiger partial charge is 0.394 e. The highest BCUT2D eigenvalue weighted by molar-refractivity contribution is 9.10. The average molecular weight is 351 g/mol. The van der Waals surface area contributed by atoms with Crippen molar-refractivity contribution in [1.29, 1.82) is 0 Å². The van der Waals surface area contributed by atoms with Gasteiger partial charge in [0.1, 0.15) is 5.82 Å². The van der Waals surface area contributed by atoms with E-state index >= 15 is 0 Å². The van der Waals surface area contributed by atoms with Crippen LogP contribution in [-0.2, 0) is 0 Å². The topological polar surface area (TPSA) is 70.1 Å². The van der Waals surface area contributed by atoms with Gasteiger partial charge >= 0.3 is 0 Å². The summed E-state index contributed by atoms with van der Waals surface area (Å²) in [6.07, 6.45) is 2.71. The molecular weight excluding hydrogens is 332 g/mol. The van der Waals surface area contributed by atoms with Gasteiger partial charge in [-0.3, -0.25) is 0 Å². The number of benzene rings is 1. The molecule has 2 rings (SSSR count). The molecule has 0 spiro atoms. The van der Waals surface area contributed by atoms with E-state index in [2.05, 4.69) is 43.5 Å². The lowest BCUT2D eigenvalue weighted by Gasteiger charge is -2.18. The van der Waals surface area contributed by atoms with E-state index in [1.165, 1.54) is 0 Å². The highest BCUT2D eigenvalue weighted by atomic mass is 79.9. The SMILES string of the molecule is CCCNc1ncc(Br)c(NC(CO)c2ccccc2)n1. The van der Waals surface area contributed by atoms with Gasteiger partial charge in [0.05, 0.1) is 17.1 Å². The first-order valence-corrected chi connectivity index (χ1v) is 7.72. The molecule has 0 aliphatic carbocycles. The second-order valence-corrected chi connectivity index (χ2v) is 5.46. The van der Waals surface area contributed by atoms with E-state index in [4.69, 9.17) is 0 Å². The van der Waals surface area contributed by atoms with Crippen molar-refractivity contribution in [2.75, 3.05) is 23.8 Å². The zero-order valence-electron chi connectivity index (χ0n) is 11.9. The Hall–Kier alpha value is -1.66. The van der Waals surface area contributed by atoms with Crippen LogP contribution in [0.4, 0.5) is 11.8 Å². The van der Waals surface area contributed by atoms with E-state index in [1.54, 1.807) is 6.20 Å². The third kappa shape index (κ3) is 4.41. The molecule has 0 radical (unpaired) electrons. The van der Waals surface area contributed by atoms with E-state index < -0.39 is 0 Å². The maximum atomic E-state index is 9.61. The number of aliphatic hydroxyl groups excluding tert-OH is 1. The Morgan fingerprint density at radius 1 is 1.29 bits per heavy atom. The molecule has 5 nitrogen and oxygen atoms in total. The number of hydrogen-bond acceptors (Lipinski definition) is 5. The van der Waals surface area contributed by atoms with Crippen LogP contribution in [0.5, 0.6) is 0 Å². The molecule has 0 aliphatic heterocycles. The van der Waals surface area contributed by atoms with Gasteiger partial charge in [-0.2, -0.15) is 4.98 Å². The van der Waals surface area contributed by atoms with E-state index in [1.807, 2.05) is 30.3 Å². The van der Waals surface area contributed by atoms with Gasteiger partial charge < -0.3 is 15.7 Å². The molecule has 112 valence electrons. The molecule has 0 saturated heterocycles. The number of aromatic nitrogens is 2. The van der Waals surface area contributed by atoms with Gasteiger partial charge in [-0.1, -0.05) is 37.3 Å². The van der Waals surface area contributed by atoms with Gasteiger partial charge in [-0.15, -0.1) is 0 Å². The van der Waals surface area contributed by atoms with Crippen molar-refractivity contribution in [2.45, 2.75) is 19.4 Å². The lowest BCUT2D eigenvalue weighted by atomic mass is 10.1. The molecule has 0 aliphatic rings. The summed E-state index contributed by atoms with van der Waals surface area (Å²) in [6, 6.07) is 9.58. The molecule has 1 atom stereocenters. The number of anilines is 2. The fraction of sp³-hybridized carbons (Fsp3) is 0.333. The van der Waals surface area contributed by atoms with E-state index in [0.717, 1.165) is 23.0 Å². The first-order chi connectivity index (χ1) is 10.2. The van der Waals surface area contributed by atoms with Gasteiger partial charge in [0, 0.05) is 12.7 Å². The Kier molecular flexibility index (Phi) is 5.95. The van der Waals surface area contributed by atoms with Crippen molar-refractivity contribution in [3.63, 3.8) is 0 Å². The Morgan fingerprint density at radius 2 is 2.05 bits per heavy atom. The van der Waals surface area contributed by atoms with Crippen LogP contribution in [0.1, 0.15) is 24.9 Å². The highest BCUT2D eigenvalue weighted by Gasteiger charge is 2.13. The van der Waals surface area contributed by atoms with Gasteiger partial charge in [-0.05, 0) is 27.9 Å². The van der Waals surface area contributed by atoms with Gasteiger partial charge in [0.25, 0.3) is 0 Å². The molecule has 2 aromatic rings. The molecule has 0 saturated carbocycles. The van der Waals surface area contributed by atoms with E-state index in [0.29, 0.717) is 11.8 Å². The molecule has 0 amide bonds. The number of nitrogens with one attached hydrogen (secondary N) is 2. The molecule has 0 fully saturated rings. The smallest absolute Gasteiger partial charge is 0.224 e. The number of hydrogen-bond donors (Lipinski definition) is 3. The molecule has 21 heavy (non-hydrogen) atoms. The molecule has 1 unspecified atom stereocenters. The third-order valence-electron chi connectivity index (χ3n) is 2.97. The number of nitrogens with zero attached hydrogens (tertiary/aromatic N) is 2. The van der Waals surface area contributed by atoms with Crippen molar-refractivity contribution in [3.05, 3.63) is 46.6 Å². The van der Waals surface area contributed by atoms with Crippen LogP contribution in [0.3, 0.4) is 0 Å². The molecule has 6 heteroatoms. The third-order valence-corrected chi connectivity index (χ3v) is 3.55. The van der Waals surface area contributed by atoms with Crippen LogP contribution in [0.2, 0.25) is 0 Å². The normalized spacial score (nSPS) is 12.0. The Labute approximate surface area is 133 Å². The van der Waals surface area contributed by atoms with Crippen LogP contribution < -0.4 is 10.6 Å². The van der Waals surface area contributed by atoms with Crippen molar-refractivity contribution < 1.29 is 5.11 Å². The molecular formula is C15H19BrN4O. The summed E-state index contributed by atoms with van der Waals surface area (Å²) in [5, 5.41) is 16.0. The molecule has 0 bridgehead atoms. The lowest BCUT2D eigenvalue weighted by Crippen LogP contribution is -2.17. The van der Waals surface area contributed by atoms with Crippen LogP contribution in [0.25, 0.3) is 0 Å². The van der Waals surface area contributed by atoms with Gasteiger partial charge in [0.2, 0.25) is 5.95 Å². The first-order valence-electron chi connectivity index (χ1n) is 6.93. The molecule has 1 aromatic carbocycles. The van der Waals surface area contributed by atoms with Crippen LogP contribution in [0, 0.1) is 0 Å². The summed E-state index contributed by atoms with van der Waals surface area (Å²) in [4.78, 5) is 8.64. The minimum absolute atomic E-state index is 0.0157. The predicted octanol–water partition coefficient (Wildman–Crippen LogP) is 3.21. The Morgan fingerprint density at radius 3 is 2.71 bits per heavy atom. The van der Waals surface area contributed by atoms with Crippen LogP contribution in [0.15, 0.2) is 41.0 Å². The minimum atomic E-state index is -0.212. The van der Waals surface area contributed by atoms with Crippen LogP contribution in [-0.4, -0.2) is 28.2 Å². The van der Waals surface area contributed by atoms with E-state index in [9.17, 15) is 5.11 Å². The summed E-state index contributed by atoms with van der Waals surface area (Å²) in [5.74, 6) is 1.24. The summed E-state index contributed by atoms with van der Waals surface area (Å²) >= 11 is 3.43. The standard InChI is InChI=1S/C15H19BrN4O/c1-2-8-17-15-18-9-12(16)14(20-15)19-13(10-21)11-6-4-3-5-7-11/h3-7,9,13,21H,2,8,10H2,1H3,(H2,17,18,19,20). The quantitative estimate of drug-likeness (QED) is 0.715. The van der Waals surface area contributed by atoms with Gasteiger partial charge in [-0.25, -0.2) is 4.98 Å². The van der Waals surface area contributed by atoms with Crippen LogP contribution >= 0.6 is 15.9 Å². The summed E-state index contributed by atoms with van der Waals surface area (Å²) in [6.45, 7) is 2.89. The second kappa shape index (κ2) is 7.95. The summed E-state index contributed by atoms with van der Waals surface area (Å²) < 4.78 is 0.763. The Bertz CT molecular complexity index is 565. The zero-order valence-corrected chi connectivity index (χ0v) is 13.5. The number of rotatable bonds is 7. The van der Waals surface area contributed by atoms with Crippen molar-refractivity contribution in [1.82, 2.24) is 9.97 Å². The fourth-order valence-electron chi connectivity index (χ4n) is 1.88. The highest BCUT2D eigenvalue weighted by Crippen LogP contribution is 2.25. The fourth-order valence-corrected chi connectivity index (χ4v) is 2.18. The lowest BCUT2D eigenvalue weighted by molar-refractivity contribution is 0.276. The molecule has 3 N–H and O–H groups in total. The predicted molar refractivity (Wildman–Crippen MR) is 88.4 cm³/mol. The van der Waals surface area contributed by atoms with Crippen molar-refractivity contribution in [3.8, 4) is 0 Å². The molecule has 1 aromatic heterocycles. The number of aliphatic hydroxyl groups is 1. The maximum absolute atomic E-state index is 9.61. The van der Waals surface area contributed by atoms with Crippen molar-refractivity contribution >= 4 is 27.7 Å². The van der Waals surface area contributed by atoms with E-state index in [-0.39, 0.29) is 12.6 Å². The second-order valence-electron chi connectivity index (χ2n) is 4.61. The van der Waals surface area contributed by atoms with Gasteiger partial charge in [0.15, 0.2) is 0 Å². The minimum Gasteiger partial charge on any atom is -0.394 e. The molecule has 1 heterocycles. The Balaban J connectivity index is 2.16. The summed E-state index contributed by atoms with van der Waals surface area (Å²) in [5.41, 5.74) is 1.01. The first kappa shape index (κ1) is 15.7. The average Bonchev–Trinajstić information content (AvgIpc) is 2.53. The zero-order chi connectivity index (χ0) is 15.1. The maximum Gasteiger partial charge on any atom is 0.224 e. The summed E-state index contributed by atoms with van der Waals surface area (Å²) in [7, 11) is 0.